The highest BCUT2D eigenvalue weighted by Crippen LogP contribution is 2.23. The fourth-order valence-electron chi connectivity index (χ4n) is 1.64. The molecule has 0 bridgehead atoms. The number of H-pyrrole nitrogens is 1. The van der Waals surface area contributed by atoms with Crippen LogP contribution >= 0.6 is 27.7 Å². The number of benzene rings is 1. The molecule has 110 valence electrons. The molecule has 1 aromatic carbocycles. The van der Waals surface area contributed by atoms with Crippen LogP contribution in [0.1, 0.15) is 11.4 Å². The number of thioether (sulfide) groups is 1. The molecule has 0 fully saturated rings. The second-order valence-electron chi connectivity index (χ2n) is 4.19. The number of anilines is 1. The Bertz CT molecular complexity index is 716. The largest absolute Gasteiger partial charge is 0.481 e. The van der Waals surface area contributed by atoms with Crippen molar-refractivity contribution in [1.29, 1.82) is 0 Å². The topological polar surface area (TPSA) is 109 Å². The molecule has 2 rings (SSSR count). The van der Waals surface area contributed by atoms with Crippen molar-refractivity contribution < 1.29 is 9.90 Å². The van der Waals surface area contributed by atoms with E-state index in [1.165, 1.54) is 11.8 Å². The number of aliphatic carboxylic acids is 1. The number of rotatable bonds is 5. The molecule has 1 aromatic heterocycles. The van der Waals surface area contributed by atoms with Crippen molar-refractivity contribution in [3.8, 4) is 0 Å². The molecule has 6 nitrogen and oxygen atoms in total. The molecule has 0 unspecified atom stereocenters. The van der Waals surface area contributed by atoms with Crippen molar-refractivity contribution in [2.45, 2.75) is 17.1 Å². The van der Waals surface area contributed by atoms with Gasteiger partial charge in [0.05, 0.1) is 17.7 Å². The fraction of sp³-hybridized carbons (Fsp3) is 0.154. The number of aromatic nitrogens is 2. The summed E-state index contributed by atoms with van der Waals surface area (Å²) >= 11 is 4.85. The van der Waals surface area contributed by atoms with Crippen molar-refractivity contribution in [3.05, 3.63) is 50.5 Å². The third-order valence-corrected chi connectivity index (χ3v) is 4.17. The van der Waals surface area contributed by atoms with Gasteiger partial charge in [0.1, 0.15) is 11.6 Å². The van der Waals surface area contributed by atoms with Gasteiger partial charge in [-0.2, -0.15) is 0 Å². The van der Waals surface area contributed by atoms with Crippen molar-refractivity contribution in [2.24, 2.45) is 0 Å². The van der Waals surface area contributed by atoms with Gasteiger partial charge in [-0.25, -0.2) is 4.98 Å². The molecule has 2 aromatic rings. The monoisotopic (exact) mass is 369 g/mol. The standard InChI is InChI=1S/C13H12BrN3O3S/c14-7-1-3-8(4-2-7)21-6-10-16-12(15)9(5-11(18)19)13(20)17-10/h1-4H,5-6H2,(H,18,19)(H3,15,16,17,20). The number of nitrogens with two attached hydrogens (primary N) is 1. The molecule has 0 amide bonds. The summed E-state index contributed by atoms with van der Waals surface area (Å²) < 4.78 is 0.987. The number of nitrogens with zero attached hydrogens (tertiary/aromatic N) is 1. The van der Waals surface area contributed by atoms with Gasteiger partial charge < -0.3 is 15.8 Å². The summed E-state index contributed by atoms with van der Waals surface area (Å²) in [4.78, 5) is 30.1. The van der Waals surface area contributed by atoms with Gasteiger partial charge in [-0.05, 0) is 24.3 Å². The third kappa shape index (κ3) is 4.33. The normalized spacial score (nSPS) is 10.5. The maximum atomic E-state index is 11.8. The van der Waals surface area contributed by atoms with Crippen LogP contribution < -0.4 is 11.3 Å². The zero-order chi connectivity index (χ0) is 15.4. The second-order valence-corrected chi connectivity index (χ2v) is 6.15. The molecule has 1 heterocycles. The van der Waals surface area contributed by atoms with Gasteiger partial charge in [0.2, 0.25) is 0 Å². The lowest BCUT2D eigenvalue weighted by Gasteiger charge is -2.05. The van der Waals surface area contributed by atoms with E-state index in [0.717, 1.165) is 9.37 Å². The Balaban J connectivity index is 2.12. The molecular formula is C13H12BrN3O3S. The number of carboxylic acid groups (broad SMARTS) is 1. The Morgan fingerprint density at radius 3 is 2.62 bits per heavy atom. The lowest BCUT2D eigenvalue weighted by molar-refractivity contribution is -0.136. The zero-order valence-electron chi connectivity index (χ0n) is 10.8. The van der Waals surface area contributed by atoms with Gasteiger partial charge in [-0.1, -0.05) is 15.9 Å². The van der Waals surface area contributed by atoms with Gasteiger partial charge in [-0.3, -0.25) is 9.59 Å². The molecule has 8 heteroatoms. The average Bonchev–Trinajstić information content (AvgIpc) is 2.42. The number of halogens is 1. The Kier molecular flexibility index (Phi) is 5.03. The Morgan fingerprint density at radius 1 is 1.38 bits per heavy atom. The number of carboxylic acids is 1. The van der Waals surface area contributed by atoms with E-state index in [0.29, 0.717) is 11.6 Å². The predicted molar refractivity (Wildman–Crippen MR) is 84.3 cm³/mol. The van der Waals surface area contributed by atoms with Gasteiger partial charge >= 0.3 is 5.97 Å². The number of nitrogens with one attached hydrogen (secondary N) is 1. The van der Waals surface area contributed by atoms with Crippen LogP contribution in [-0.4, -0.2) is 21.0 Å². The van der Waals surface area contributed by atoms with E-state index in [9.17, 15) is 9.59 Å². The summed E-state index contributed by atoms with van der Waals surface area (Å²) in [5.41, 5.74) is 5.13. The lowest BCUT2D eigenvalue weighted by Crippen LogP contribution is -2.21. The quantitative estimate of drug-likeness (QED) is 0.695. The summed E-state index contributed by atoms with van der Waals surface area (Å²) in [5.74, 6) is -0.299. The maximum Gasteiger partial charge on any atom is 0.308 e. The molecule has 0 radical (unpaired) electrons. The molecule has 0 atom stereocenters. The number of carbonyl (C=O) groups is 1. The number of nitrogen functional groups attached to an aromatic ring is 1. The fourth-order valence-corrected chi connectivity index (χ4v) is 2.67. The smallest absolute Gasteiger partial charge is 0.308 e. The van der Waals surface area contributed by atoms with E-state index in [1.807, 2.05) is 24.3 Å². The minimum absolute atomic E-state index is 0.0140. The summed E-state index contributed by atoms with van der Waals surface area (Å²) in [6.07, 6.45) is -0.436. The van der Waals surface area contributed by atoms with Crippen molar-refractivity contribution in [2.75, 3.05) is 5.73 Å². The van der Waals surface area contributed by atoms with Gasteiger partial charge in [0.25, 0.3) is 5.56 Å². The molecule has 4 N–H and O–H groups in total. The van der Waals surface area contributed by atoms with Crippen molar-refractivity contribution >= 4 is 39.5 Å². The minimum Gasteiger partial charge on any atom is -0.481 e. The maximum absolute atomic E-state index is 11.8. The Morgan fingerprint density at radius 2 is 2.05 bits per heavy atom. The Hall–Kier alpha value is -1.80. The number of aromatic amines is 1. The van der Waals surface area contributed by atoms with Crippen LogP contribution in [0.25, 0.3) is 0 Å². The highest BCUT2D eigenvalue weighted by molar-refractivity contribution is 9.10. The first-order valence-corrected chi connectivity index (χ1v) is 7.71. The van der Waals surface area contributed by atoms with Crippen LogP contribution in [-0.2, 0) is 17.0 Å². The molecule has 0 spiro atoms. The van der Waals surface area contributed by atoms with Gasteiger partial charge in [0.15, 0.2) is 0 Å². The van der Waals surface area contributed by atoms with Crippen molar-refractivity contribution in [1.82, 2.24) is 9.97 Å². The SMILES string of the molecule is Nc1nc(CSc2ccc(Br)cc2)[nH]c(=O)c1CC(=O)O. The average molecular weight is 370 g/mol. The minimum atomic E-state index is -1.12. The molecular weight excluding hydrogens is 358 g/mol. The highest BCUT2D eigenvalue weighted by atomic mass is 79.9. The molecule has 0 aliphatic rings. The summed E-state index contributed by atoms with van der Waals surface area (Å²) in [6.45, 7) is 0. The van der Waals surface area contributed by atoms with Crippen LogP contribution in [0.3, 0.4) is 0 Å². The zero-order valence-corrected chi connectivity index (χ0v) is 13.2. The van der Waals surface area contributed by atoms with Crippen LogP contribution in [0.4, 0.5) is 5.82 Å². The second kappa shape index (κ2) is 6.77. The molecule has 0 aliphatic carbocycles. The molecule has 21 heavy (non-hydrogen) atoms. The van der Waals surface area contributed by atoms with Crippen molar-refractivity contribution in [3.63, 3.8) is 0 Å². The molecule has 0 aliphatic heterocycles. The summed E-state index contributed by atoms with van der Waals surface area (Å²) in [7, 11) is 0. The van der Waals surface area contributed by atoms with Crippen LogP contribution in [0.2, 0.25) is 0 Å². The van der Waals surface area contributed by atoms with E-state index >= 15 is 0 Å². The third-order valence-electron chi connectivity index (χ3n) is 2.61. The van der Waals surface area contributed by atoms with E-state index in [1.54, 1.807) is 0 Å². The van der Waals surface area contributed by atoms with E-state index in [4.69, 9.17) is 10.8 Å². The first kappa shape index (κ1) is 15.6. The van der Waals surface area contributed by atoms with Gasteiger partial charge in [0, 0.05) is 9.37 Å². The summed E-state index contributed by atoms with van der Waals surface area (Å²) in [5, 5.41) is 8.72. The number of hydrogen-bond acceptors (Lipinski definition) is 5. The molecule has 0 saturated heterocycles. The number of hydrogen-bond donors (Lipinski definition) is 3. The first-order valence-electron chi connectivity index (χ1n) is 5.93. The van der Waals surface area contributed by atoms with E-state index in [2.05, 4.69) is 25.9 Å². The molecule has 0 saturated carbocycles. The summed E-state index contributed by atoms with van der Waals surface area (Å²) in [6, 6.07) is 7.72. The first-order chi connectivity index (χ1) is 9.95. The van der Waals surface area contributed by atoms with Crippen LogP contribution in [0, 0.1) is 0 Å². The lowest BCUT2D eigenvalue weighted by atomic mass is 10.2. The van der Waals surface area contributed by atoms with Crippen LogP contribution in [0.5, 0.6) is 0 Å². The predicted octanol–water partition coefficient (Wildman–Crippen LogP) is 2.03. The van der Waals surface area contributed by atoms with E-state index < -0.39 is 17.9 Å². The highest BCUT2D eigenvalue weighted by Gasteiger charge is 2.12. The van der Waals surface area contributed by atoms with E-state index in [-0.39, 0.29) is 11.4 Å². The van der Waals surface area contributed by atoms with Crippen LogP contribution in [0.15, 0.2) is 38.4 Å². The van der Waals surface area contributed by atoms with Gasteiger partial charge in [-0.15, -0.1) is 11.8 Å². The Labute approximate surface area is 132 Å².